The molecule has 4 heterocycles. The number of nitrogens with one attached hydrogen (secondary N) is 2. The Kier molecular flexibility index (Phi) is 6.46. The summed E-state index contributed by atoms with van der Waals surface area (Å²) in [6.45, 7) is 2.71. The highest BCUT2D eigenvalue weighted by atomic mass is 35.5. The van der Waals surface area contributed by atoms with Gasteiger partial charge in [-0.25, -0.2) is 9.37 Å². The van der Waals surface area contributed by atoms with Gasteiger partial charge >= 0.3 is 6.61 Å². The van der Waals surface area contributed by atoms with E-state index in [4.69, 9.17) is 11.6 Å². The van der Waals surface area contributed by atoms with E-state index >= 15 is 0 Å². The van der Waals surface area contributed by atoms with Crippen LogP contribution in [-0.2, 0) is 0 Å². The van der Waals surface area contributed by atoms with Crippen LogP contribution in [0.25, 0.3) is 22.2 Å². The summed E-state index contributed by atoms with van der Waals surface area (Å²) in [7, 11) is 0. The van der Waals surface area contributed by atoms with Crippen LogP contribution in [0.2, 0.25) is 5.02 Å². The van der Waals surface area contributed by atoms with Gasteiger partial charge in [0.2, 0.25) is 0 Å². The number of hydrogen-bond acceptors (Lipinski definition) is 4. The second kappa shape index (κ2) is 9.54. The summed E-state index contributed by atoms with van der Waals surface area (Å²) in [5, 5.41) is 8.57. The van der Waals surface area contributed by atoms with Crippen molar-refractivity contribution in [2.45, 2.75) is 45.3 Å². The van der Waals surface area contributed by atoms with Gasteiger partial charge in [-0.05, 0) is 56.6 Å². The third-order valence-corrected chi connectivity index (χ3v) is 7.17. The molecule has 1 atom stereocenters. The highest BCUT2D eigenvalue weighted by Crippen LogP contribution is 2.41. The van der Waals surface area contributed by atoms with Crippen molar-refractivity contribution in [2.75, 3.05) is 13.1 Å². The van der Waals surface area contributed by atoms with Crippen molar-refractivity contribution < 1.29 is 17.9 Å². The molecule has 35 heavy (non-hydrogen) atoms. The maximum absolute atomic E-state index is 14.3. The lowest BCUT2D eigenvalue weighted by Gasteiger charge is -2.24. The van der Waals surface area contributed by atoms with E-state index < -0.39 is 18.3 Å². The zero-order chi connectivity index (χ0) is 24.7. The van der Waals surface area contributed by atoms with Crippen LogP contribution in [0, 0.1) is 12.7 Å². The second-order valence-electron chi connectivity index (χ2n) is 8.81. The van der Waals surface area contributed by atoms with Crippen LogP contribution >= 0.6 is 11.6 Å². The number of nitrogens with zero attached hydrogens (tertiary/aromatic N) is 3. The Morgan fingerprint density at radius 2 is 1.97 bits per heavy atom. The molecule has 0 spiro atoms. The monoisotopic (exact) mass is 503 g/mol. The fraction of sp³-hybridized carbons (Fsp3) is 0.360. The molecule has 1 aliphatic rings. The Labute approximate surface area is 205 Å². The quantitative estimate of drug-likeness (QED) is 0.328. The molecule has 1 fully saturated rings. The Balaban J connectivity index is 1.55. The van der Waals surface area contributed by atoms with Crippen molar-refractivity contribution in [3.05, 3.63) is 64.5 Å². The van der Waals surface area contributed by atoms with Gasteiger partial charge in [0.1, 0.15) is 17.2 Å². The molecule has 0 unspecified atom stereocenters. The maximum atomic E-state index is 14.3. The van der Waals surface area contributed by atoms with Crippen LogP contribution in [0.5, 0.6) is 5.75 Å². The number of ether oxygens (including phenoxy) is 1. The lowest BCUT2D eigenvalue weighted by atomic mass is 9.91. The van der Waals surface area contributed by atoms with Gasteiger partial charge in [0.25, 0.3) is 0 Å². The highest BCUT2D eigenvalue weighted by Gasteiger charge is 2.25. The van der Waals surface area contributed by atoms with Gasteiger partial charge in [0, 0.05) is 46.1 Å². The zero-order valence-corrected chi connectivity index (χ0v) is 20.0. The molecular weight excluding hydrogens is 479 g/mol. The largest absolute Gasteiger partial charge is 0.434 e. The predicted octanol–water partition coefficient (Wildman–Crippen LogP) is 6.21. The van der Waals surface area contributed by atoms with Gasteiger partial charge < -0.3 is 15.0 Å². The Morgan fingerprint density at radius 3 is 2.71 bits per heavy atom. The van der Waals surface area contributed by atoms with Gasteiger partial charge in [-0.1, -0.05) is 18.5 Å². The fourth-order valence-electron chi connectivity index (χ4n) is 4.96. The standard InChI is InChI=1S/C25H25ClF3N5O/c1-13(22-21(35-25(28)29)4-3-20(27)23(22)26)18-11-32-24-17(18)9-15(10-31-24)19-12-33-34(14(19)2)16-5-7-30-8-6-16/h3-4,9-13,16,25,30H,5-8H2,1-2H3,(H,31,32)/t13-/m0/s1. The molecule has 0 bridgehead atoms. The molecule has 1 saturated heterocycles. The minimum atomic E-state index is -3.06. The maximum Gasteiger partial charge on any atom is 0.387 e. The number of H-pyrrole nitrogens is 1. The Morgan fingerprint density at radius 1 is 1.20 bits per heavy atom. The van der Waals surface area contributed by atoms with Gasteiger partial charge in [-0.3, -0.25) is 4.68 Å². The normalized spacial score (nSPS) is 15.7. The summed E-state index contributed by atoms with van der Waals surface area (Å²) in [6.07, 6.45) is 7.43. The molecule has 1 aromatic carbocycles. The molecule has 0 aliphatic carbocycles. The molecule has 3 aromatic heterocycles. The number of benzene rings is 1. The van der Waals surface area contributed by atoms with E-state index in [9.17, 15) is 13.2 Å². The van der Waals surface area contributed by atoms with Crippen molar-refractivity contribution in [1.29, 1.82) is 0 Å². The first kappa shape index (κ1) is 23.7. The molecule has 1 aliphatic heterocycles. The van der Waals surface area contributed by atoms with Gasteiger partial charge in [0.05, 0.1) is 17.3 Å². The molecule has 184 valence electrons. The molecule has 2 N–H and O–H groups in total. The molecule has 0 saturated carbocycles. The number of halogens is 4. The minimum Gasteiger partial charge on any atom is -0.434 e. The van der Waals surface area contributed by atoms with E-state index in [0.717, 1.165) is 59.8 Å². The number of aromatic amines is 1. The fourth-order valence-corrected chi connectivity index (χ4v) is 5.28. The molecular formula is C25H25ClF3N5O. The van der Waals surface area contributed by atoms with E-state index in [0.29, 0.717) is 11.7 Å². The van der Waals surface area contributed by atoms with E-state index in [1.807, 2.05) is 12.3 Å². The van der Waals surface area contributed by atoms with Crippen molar-refractivity contribution in [2.24, 2.45) is 0 Å². The summed E-state index contributed by atoms with van der Waals surface area (Å²) in [5.41, 5.74) is 4.45. The first-order chi connectivity index (χ1) is 16.8. The summed E-state index contributed by atoms with van der Waals surface area (Å²) in [6, 6.07) is 4.54. The van der Waals surface area contributed by atoms with Gasteiger partial charge in [0.15, 0.2) is 0 Å². The van der Waals surface area contributed by atoms with Gasteiger partial charge in [-0.15, -0.1) is 0 Å². The van der Waals surface area contributed by atoms with E-state index in [-0.39, 0.29) is 16.3 Å². The second-order valence-corrected chi connectivity index (χ2v) is 9.18. The number of aromatic nitrogens is 4. The van der Waals surface area contributed by atoms with E-state index in [1.54, 1.807) is 19.3 Å². The highest BCUT2D eigenvalue weighted by molar-refractivity contribution is 6.31. The van der Waals surface area contributed by atoms with Crippen LogP contribution < -0.4 is 10.1 Å². The minimum absolute atomic E-state index is 0.156. The number of alkyl halides is 2. The summed E-state index contributed by atoms with van der Waals surface area (Å²) in [4.78, 5) is 7.69. The third kappa shape index (κ3) is 4.38. The van der Waals surface area contributed by atoms with Gasteiger partial charge in [-0.2, -0.15) is 13.9 Å². The van der Waals surface area contributed by atoms with Crippen LogP contribution in [-0.4, -0.2) is 39.4 Å². The first-order valence-corrected chi connectivity index (χ1v) is 11.9. The van der Waals surface area contributed by atoms with Crippen LogP contribution in [0.1, 0.15) is 48.5 Å². The first-order valence-electron chi connectivity index (χ1n) is 11.5. The zero-order valence-electron chi connectivity index (χ0n) is 19.3. The topological polar surface area (TPSA) is 67.8 Å². The van der Waals surface area contributed by atoms with Crippen molar-refractivity contribution in [3.63, 3.8) is 0 Å². The number of piperidine rings is 1. The molecule has 10 heteroatoms. The molecule has 5 rings (SSSR count). The Bertz CT molecular complexity index is 1360. The lowest BCUT2D eigenvalue weighted by molar-refractivity contribution is -0.0505. The number of rotatable bonds is 6. The molecule has 0 radical (unpaired) electrons. The average Bonchev–Trinajstić information content (AvgIpc) is 3.44. The number of hydrogen-bond donors (Lipinski definition) is 2. The van der Waals surface area contributed by atoms with Crippen molar-refractivity contribution in [1.82, 2.24) is 25.1 Å². The van der Waals surface area contributed by atoms with Crippen molar-refractivity contribution >= 4 is 22.6 Å². The van der Waals surface area contributed by atoms with E-state index in [2.05, 4.69) is 36.7 Å². The summed E-state index contributed by atoms with van der Waals surface area (Å²) in [5.74, 6) is -1.40. The third-order valence-electron chi connectivity index (χ3n) is 6.78. The average molecular weight is 504 g/mol. The van der Waals surface area contributed by atoms with Crippen LogP contribution in [0.3, 0.4) is 0 Å². The van der Waals surface area contributed by atoms with Crippen LogP contribution in [0.4, 0.5) is 13.2 Å². The predicted molar refractivity (Wildman–Crippen MR) is 129 cm³/mol. The number of pyridine rings is 1. The molecule has 6 nitrogen and oxygen atoms in total. The molecule has 4 aromatic rings. The van der Waals surface area contributed by atoms with Crippen LogP contribution in [0.15, 0.2) is 36.8 Å². The SMILES string of the molecule is Cc1c(-c2cnc3[nH]cc([C@H](C)c4c(OC(F)F)ccc(F)c4Cl)c3c2)cnn1C1CCNCC1. The summed E-state index contributed by atoms with van der Waals surface area (Å²) < 4.78 is 47.1. The van der Waals surface area contributed by atoms with E-state index in [1.165, 1.54) is 6.07 Å². The lowest BCUT2D eigenvalue weighted by Crippen LogP contribution is -2.30. The summed E-state index contributed by atoms with van der Waals surface area (Å²) >= 11 is 6.23. The van der Waals surface area contributed by atoms with Crippen molar-refractivity contribution in [3.8, 4) is 16.9 Å². The number of fused-ring (bicyclic) bond motifs is 1. The smallest absolute Gasteiger partial charge is 0.387 e. The Hall–Kier alpha value is -3.04. The molecule has 0 amide bonds.